The normalized spacial score (nSPS) is 19.6. The Morgan fingerprint density at radius 2 is 2.10 bits per heavy atom. The molecule has 0 amide bonds. The highest BCUT2D eigenvalue weighted by molar-refractivity contribution is 6.30. The van der Waals surface area contributed by atoms with E-state index in [1.807, 2.05) is 12.2 Å². The van der Waals surface area contributed by atoms with Crippen LogP contribution in [0.3, 0.4) is 0 Å². The molecular weight excluding hydrogens is 561 g/mol. The number of aromatic carboxylic acids is 1. The lowest BCUT2D eigenvalue weighted by Crippen LogP contribution is -2.34. The van der Waals surface area contributed by atoms with E-state index in [1.165, 1.54) is 24.8 Å². The maximum atomic E-state index is 14.8. The van der Waals surface area contributed by atoms with Crippen LogP contribution in [0.15, 0.2) is 48.5 Å². The molecule has 7 rings (SSSR count). The molecule has 1 fully saturated rings. The number of fused-ring (bicyclic) bond motifs is 4. The molecule has 216 valence electrons. The molecule has 0 radical (unpaired) electrons. The summed E-state index contributed by atoms with van der Waals surface area (Å²) in [6.45, 7) is 3.29. The molecule has 1 N–H and O–H groups in total. The van der Waals surface area contributed by atoms with Crippen LogP contribution in [0, 0.1) is 5.82 Å². The number of carboxylic acid groups (broad SMARTS) is 1. The number of ether oxygens (including phenoxy) is 3. The van der Waals surface area contributed by atoms with E-state index in [9.17, 15) is 14.3 Å². The summed E-state index contributed by atoms with van der Waals surface area (Å²) in [4.78, 5) is 19.1. The lowest BCUT2D eigenvalue weighted by Gasteiger charge is -2.33. The van der Waals surface area contributed by atoms with E-state index in [0.29, 0.717) is 47.0 Å². The first-order chi connectivity index (χ1) is 20.4. The van der Waals surface area contributed by atoms with Crippen LogP contribution in [0.5, 0.6) is 11.5 Å². The largest absolute Gasteiger partial charge is 0.494 e. The Kier molecular flexibility index (Phi) is 6.88. The highest BCUT2D eigenvalue weighted by atomic mass is 35.5. The minimum atomic E-state index is -1.02. The molecule has 0 aliphatic carbocycles. The van der Waals surface area contributed by atoms with Crippen molar-refractivity contribution in [2.75, 3.05) is 20.3 Å². The number of imidazole rings is 1. The van der Waals surface area contributed by atoms with Crippen molar-refractivity contribution in [1.29, 1.82) is 0 Å². The summed E-state index contributed by atoms with van der Waals surface area (Å²) in [5.74, 6) is 0.591. The topological polar surface area (TPSA) is 86.0 Å². The van der Waals surface area contributed by atoms with Gasteiger partial charge in [-0.25, -0.2) is 14.2 Å². The number of aromatic nitrogens is 2. The van der Waals surface area contributed by atoms with Crippen molar-refractivity contribution in [2.24, 2.45) is 0 Å². The number of carbonyl (C=O) groups is 1. The first-order valence-corrected chi connectivity index (χ1v) is 14.3. The van der Waals surface area contributed by atoms with E-state index in [4.69, 9.17) is 30.8 Å². The quantitative estimate of drug-likeness (QED) is 0.282. The summed E-state index contributed by atoms with van der Waals surface area (Å²) in [5, 5.41) is 10.1. The molecule has 2 atom stereocenters. The number of hydrogen-bond acceptors (Lipinski definition) is 6. The van der Waals surface area contributed by atoms with Crippen LogP contribution >= 0.6 is 11.6 Å². The second kappa shape index (κ2) is 10.7. The maximum Gasteiger partial charge on any atom is 0.335 e. The maximum absolute atomic E-state index is 14.8. The zero-order valence-corrected chi connectivity index (χ0v) is 23.7. The van der Waals surface area contributed by atoms with Crippen molar-refractivity contribution in [3.8, 4) is 11.5 Å². The Balaban J connectivity index is 1.21. The number of methoxy groups -OCH3 is 1. The third-order valence-corrected chi connectivity index (χ3v) is 8.58. The molecule has 3 aliphatic rings. The van der Waals surface area contributed by atoms with E-state index in [2.05, 4.69) is 21.6 Å². The van der Waals surface area contributed by atoms with Gasteiger partial charge < -0.3 is 23.9 Å². The Hall–Kier alpha value is -3.92. The number of carboxylic acids is 1. The molecule has 42 heavy (non-hydrogen) atoms. The summed E-state index contributed by atoms with van der Waals surface area (Å²) in [6, 6.07) is 12.0. The molecule has 1 aromatic heterocycles. The first-order valence-electron chi connectivity index (χ1n) is 14.0. The van der Waals surface area contributed by atoms with Crippen molar-refractivity contribution in [2.45, 2.75) is 44.7 Å². The SMILES string of the molecule is COc1cc(C(=O)O)cc2c1nc(CN1CCc3ccc4c(c3C1)O[C@@H](c1ccc(Cl)cc1F)C=C4)n2C[C@@H]1CCO1. The van der Waals surface area contributed by atoms with Crippen LogP contribution in [-0.2, 0) is 30.8 Å². The van der Waals surface area contributed by atoms with E-state index in [-0.39, 0.29) is 11.7 Å². The van der Waals surface area contributed by atoms with Crippen LogP contribution in [0.25, 0.3) is 17.1 Å². The fraction of sp³-hybridized carbons (Fsp3) is 0.312. The summed E-state index contributed by atoms with van der Waals surface area (Å²) in [5.41, 5.74) is 5.19. The van der Waals surface area contributed by atoms with Gasteiger partial charge in [0.25, 0.3) is 0 Å². The van der Waals surface area contributed by atoms with Gasteiger partial charge in [-0.05, 0) is 48.7 Å². The molecule has 4 heterocycles. The summed E-state index contributed by atoms with van der Waals surface area (Å²) < 4.78 is 34.6. The number of halogens is 2. The Morgan fingerprint density at radius 3 is 2.83 bits per heavy atom. The van der Waals surface area contributed by atoms with Gasteiger partial charge in [0.05, 0.1) is 37.4 Å². The number of nitrogens with zero attached hydrogens (tertiary/aromatic N) is 3. The average Bonchev–Trinajstić information content (AvgIpc) is 3.30. The van der Waals surface area contributed by atoms with Crippen molar-refractivity contribution in [1.82, 2.24) is 14.5 Å². The van der Waals surface area contributed by atoms with Gasteiger partial charge in [-0.3, -0.25) is 4.90 Å². The Morgan fingerprint density at radius 1 is 1.24 bits per heavy atom. The van der Waals surface area contributed by atoms with Crippen molar-refractivity contribution >= 4 is 34.7 Å². The predicted octanol–water partition coefficient (Wildman–Crippen LogP) is 6.03. The molecule has 3 aliphatic heterocycles. The molecule has 4 aromatic rings. The van der Waals surface area contributed by atoms with Gasteiger partial charge in [0.2, 0.25) is 0 Å². The average molecular weight is 590 g/mol. The lowest BCUT2D eigenvalue weighted by molar-refractivity contribution is -0.0592. The van der Waals surface area contributed by atoms with Crippen LogP contribution in [-0.4, -0.2) is 51.9 Å². The molecule has 1 saturated heterocycles. The van der Waals surface area contributed by atoms with Crippen molar-refractivity contribution < 1.29 is 28.5 Å². The number of benzene rings is 3. The third-order valence-electron chi connectivity index (χ3n) is 8.34. The van der Waals surface area contributed by atoms with E-state index < -0.39 is 17.9 Å². The third kappa shape index (κ3) is 4.81. The lowest BCUT2D eigenvalue weighted by atomic mass is 9.93. The number of rotatable bonds is 7. The molecule has 0 spiro atoms. The summed E-state index contributed by atoms with van der Waals surface area (Å²) in [6.07, 6.45) is 5.12. The van der Waals surface area contributed by atoms with E-state index in [1.54, 1.807) is 18.2 Å². The fourth-order valence-corrected chi connectivity index (χ4v) is 6.17. The second-order valence-corrected chi connectivity index (χ2v) is 11.4. The van der Waals surface area contributed by atoms with Gasteiger partial charge in [0, 0.05) is 41.4 Å². The van der Waals surface area contributed by atoms with E-state index in [0.717, 1.165) is 48.7 Å². The molecule has 10 heteroatoms. The standard InChI is InChI=1S/C32H29ClFN3O5/c1-40-28-13-20(32(38)39)12-26-30(28)35-29(37(26)15-22-9-11-41-22)17-36-10-8-18-2-3-19-4-7-27(42-31(19)24(18)16-36)23-6-5-21(33)14-25(23)34/h2-7,12-14,22,27H,8-11,15-17H2,1H3,(H,38,39)/t22-,27+/m0/s1. The summed E-state index contributed by atoms with van der Waals surface area (Å²) in [7, 11) is 1.52. The fourth-order valence-electron chi connectivity index (χ4n) is 6.01. The van der Waals surface area contributed by atoms with Gasteiger partial charge in [-0.15, -0.1) is 0 Å². The van der Waals surface area contributed by atoms with Gasteiger partial charge in [-0.2, -0.15) is 0 Å². The van der Waals surface area contributed by atoms with Crippen LogP contribution < -0.4 is 9.47 Å². The van der Waals surface area contributed by atoms with Gasteiger partial charge in [0.15, 0.2) is 0 Å². The minimum Gasteiger partial charge on any atom is -0.494 e. The predicted molar refractivity (Wildman–Crippen MR) is 156 cm³/mol. The highest BCUT2D eigenvalue weighted by Gasteiger charge is 2.29. The van der Waals surface area contributed by atoms with Crippen LogP contribution in [0.1, 0.15) is 51.0 Å². The number of hydrogen-bond donors (Lipinski definition) is 1. The van der Waals surface area contributed by atoms with Crippen LogP contribution in [0.2, 0.25) is 5.02 Å². The molecule has 8 nitrogen and oxygen atoms in total. The Labute approximate surface area is 246 Å². The van der Waals surface area contributed by atoms with Gasteiger partial charge in [0.1, 0.15) is 34.8 Å². The van der Waals surface area contributed by atoms with Gasteiger partial charge >= 0.3 is 5.97 Å². The smallest absolute Gasteiger partial charge is 0.335 e. The Bertz CT molecular complexity index is 1750. The molecular formula is C32H29ClFN3O5. The van der Waals surface area contributed by atoms with Crippen molar-refractivity contribution in [3.05, 3.63) is 93.0 Å². The molecule has 0 unspecified atom stereocenters. The minimum absolute atomic E-state index is 0.0557. The zero-order chi connectivity index (χ0) is 29.0. The van der Waals surface area contributed by atoms with E-state index >= 15 is 0 Å². The second-order valence-electron chi connectivity index (χ2n) is 10.9. The van der Waals surface area contributed by atoms with Crippen molar-refractivity contribution in [3.63, 3.8) is 0 Å². The van der Waals surface area contributed by atoms with Gasteiger partial charge in [-0.1, -0.05) is 35.9 Å². The summed E-state index contributed by atoms with van der Waals surface area (Å²) >= 11 is 5.98. The first kappa shape index (κ1) is 26.9. The molecule has 0 bridgehead atoms. The molecule has 0 saturated carbocycles. The van der Waals surface area contributed by atoms with Crippen LogP contribution in [0.4, 0.5) is 4.39 Å². The highest BCUT2D eigenvalue weighted by Crippen LogP contribution is 2.40. The molecule has 3 aromatic carbocycles. The zero-order valence-electron chi connectivity index (χ0n) is 23.0. The monoisotopic (exact) mass is 589 g/mol.